The predicted molar refractivity (Wildman–Crippen MR) is 84.4 cm³/mol. The smallest absolute Gasteiger partial charge is 0.237 e. The summed E-state index contributed by atoms with van der Waals surface area (Å²) in [6.07, 6.45) is 4.36. The Morgan fingerprint density at radius 3 is 3.00 bits per heavy atom. The van der Waals surface area contributed by atoms with Crippen molar-refractivity contribution in [1.29, 1.82) is 0 Å². The number of likely N-dealkylation sites (tertiary alicyclic amines) is 1. The summed E-state index contributed by atoms with van der Waals surface area (Å²) in [5, 5.41) is 7.21. The highest BCUT2D eigenvalue weighted by atomic mass is 16.2. The van der Waals surface area contributed by atoms with Gasteiger partial charge in [-0.25, -0.2) is 4.68 Å². The molecule has 1 aromatic heterocycles. The van der Waals surface area contributed by atoms with Gasteiger partial charge in [-0.2, -0.15) is 5.10 Å². The number of likely N-dealkylation sites (N-methyl/N-ethyl adjacent to an activating group) is 1. The highest BCUT2D eigenvalue weighted by Gasteiger charge is 2.32. The second kappa shape index (κ2) is 6.29. The van der Waals surface area contributed by atoms with Crippen LogP contribution in [0.1, 0.15) is 12.0 Å². The summed E-state index contributed by atoms with van der Waals surface area (Å²) in [7, 11) is 1.94. The van der Waals surface area contributed by atoms with Crippen LogP contribution in [0.25, 0.3) is 5.69 Å². The van der Waals surface area contributed by atoms with Crippen LogP contribution < -0.4 is 11.1 Å². The molecule has 0 saturated carbocycles. The van der Waals surface area contributed by atoms with E-state index in [1.54, 1.807) is 10.9 Å². The van der Waals surface area contributed by atoms with Gasteiger partial charge in [0.2, 0.25) is 5.91 Å². The van der Waals surface area contributed by atoms with E-state index in [1.807, 2.05) is 48.5 Å². The first-order valence-corrected chi connectivity index (χ1v) is 7.46. The summed E-state index contributed by atoms with van der Waals surface area (Å²) in [5.74, 6) is 0.0416. The molecule has 3 N–H and O–H groups in total. The molecule has 0 bridgehead atoms. The van der Waals surface area contributed by atoms with E-state index in [-0.39, 0.29) is 18.0 Å². The highest BCUT2D eigenvalue weighted by molar-refractivity contribution is 5.82. The summed E-state index contributed by atoms with van der Waals surface area (Å²) in [6, 6.07) is 9.83. The Hall–Kier alpha value is -2.18. The molecule has 1 aliphatic rings. The van der Waals surface area contributed by atoms with Crippen LogP contribution in [0, 0.1) is 0 Å². The fourth-order valence-corrected chi connectivity index (χ4v) is 2.88. The van der Waals surface area contributed by atoms with Gasteiger partial charge in [-0.3, -0.25) is 9.69 Å². The topological polar surface area (TPSA) is 76.2 Å². The van der Waals surface area contributed by atoms with Crippen LogP contribution in [0.2, 0.25) is 0 Å². The van der Waals surface area contributed by atoms with E-state index in [2.05, 4.69) is 10.4 Å². The van der Waals surface area contributed by atoms with Gasteiger partial charge in [-0.15, -0.1) is 0 Å². The Kier molecular flexibility index (Phi) is 4.22. The zero-order chi connectivity index (χ0) is 15.5. The number of benzene rings is 1. The average molecular weight is 299 g/mol. The molecule has 2 heterocycles. The average Bonchev–Trinajstić information content (AvgIpc) is 3.15. The van der Waals surface area contributed by atoms with Crippen molar-refractivity contribution in [2.24, 2.45) is 5.73 Å². The maximum atomic E-state index is 12.3. The van der Waals surface area contributed by atoms with Crippen LogP contribution in [0.15, 0.2) is 42.7 Å². The SMILES string of the molecule is CN1C[C@@H](N)C[C@H]1C(=O)NCc1cccc(-n2cccn2)c1. The van der Waals surface area contributed by atoms with Gasteiger partial charge in [0.15, 0.2) is 0 Å². The molecule has 1 fully saturated rings. The van der Waals surface area contributed by atoms with Crippen molar-refractivity contribution in [3.8, 4) is 5.69 Å². The van der Waals surface area contributed by atoms with E-state index in [9.17, 15) is 4.79 Å². The third-order valence-corrected chi connectivity index (χ3v) is 4.03. The number of carbonyl (C=O) groups excluding carboxylic acids is 1. The molecular formula is C16H21N5O. The Morgan fingerprint density at radius 2 is 2.32 bits per heavy atom. The van der Waals surface area contributed by atoms with E-state index in [1.165, 1.54) is 0 Å². The van der Waals surface area contributed by atoms with Gasteiger partial charge in [0, 0.05) is 31.5 Å². The first kappa shape index (κ1) is 14.7. The molecule has 0 unspecified atom stereocenters. The number of hydrogen-bond donors (Lipinski definition) is 2. The van der Waals surface area contributed by atoms with Gasteiger partial charge >= 0.3 is 0 Å². The lowest BCUT2D eigenvalue weighted by atomic mass is 10.1. The molecule has 1 amide bonds. The van der Waals surface area contributed by atoms with Crippen LogP contribution >= 0.6 is 0 Å². The first-order valence-electron chi connectivity index (χ1n) is 7.46. The molecule has 116 valence electrons. The van der Waals surface area contributed by atoms with E-state index >= 15 is 0 Å². The summed E-state index contributed by atoms with van der Waals surface area (Å²) < 4.78 is 1.80. The number of nitrogens with one attached hydrogen (secondary N) is 1. The number of hydrogen-bond acceptors (Lipinski definition) is 4. The summed E-state index contributed by atoms with van der Waals surface area (Å²) in [4.78, 5) is 14.3. The van der Waals surface area contributed by atoms with Gasteiger partial charge in [0.1, 0.15) is 0 Å². The van der Waals surface area contributed by atoms with Crippen LogP contribution in [-0.2, 0) is 11.3 Å². The normalized spacial score (nSPS) is 21.9. The molecule has 22 heavy (non-hydrogen) atoms. The van der Waals surface area contributed by atoms with Crippen molar-refractivity contribution in [2.75, 3.05) is 13.6 Å². The van der Waals surface area contributed by atoms with Crippen molar-refractivity contribution in [2.45, 2.75) is 25.0 Å². The van der Waals surface area contributed by atoms with Gasteiger partial charge in [0.25, 0.3) is 0 Å². The van der Waals surface area contributed by atoms with Crippen LogP contribution in [0.4, 0.5) is 0 Å². The monoisotopic (exact) mass is 299 g/mol. The van der Waals surface area contributed by atoms with Crippen LogP contribution in [0.5, 0.6) is 0 Å². The highest BCUT2D eigenvalue weighted by Crippen LogP contribution is 2.15. The molecule has 2 aromatic rings. The zero-order valence-electron chi connectivity index (χ0n) is 12.6. The van der Waals surface area contributed by atoms with Gasteiger partial charge in [-0.1, -0.05) is 12.1 Å². The molecular weight excluding hydrogens is 278 g/mol. The minimum Gasteiger partial charge on any atom is -0.351 e. The first-order chi connectivity index (χ1) is 10.6. The molecule has 6 nitrogen and oxygen atoms in total. The third kappa shape index (κ3) is 3.18. The van der Waals surface area contributed by atoms with Crippen LogP contribution in [-0.4, -0.2) is 46.3 Å². The standard InChI is InChI=1S/C16H21N5O/c1-20-11-13(17)9-15(20)16(22)18-10-12-4-2-5-14(8-12)21-7-3-6-19-21/h2-8,13,15H,9-11,17H2,1H3,(H,18,22)/t13-,15-/m0/s1. The number of nitrogens with zero attached hydrogens (tertiary/aromatic N) is 3. The van der Waals surface area contributed by atoms with Gasteiger partial charge < -0.3 is 11.1 Å². The molecule has 1 aromatic carbocycles. The van der Waals surface area contributed by atoms with Crippen molar-refractivity contribution in [3.05, 3.63) is 48.3 Å². The Morgan fingerprint density at radius 1 is 1.45 bits per heavy atom. The number of carbonyl (C=O) groups is 1. The second-order valence-electron chi connectivity index (χ2n) is 5.79. The molecule has 0 radical (unpaired) electrons. The number of amides is 1. The largest absolute Gasteiger partial charge is 0.351 e. The van der Waals surface area contributed by atoms with Gasteiger partial charge in [0.05, 0.1) is 11.7 Å². The Labute approximate surface area is 129 Å². The van der Waals surface area contributed by atoms with Crippen molar-refractivity contribution >= 4 is 5.91 Å². The lowest BCUT2D eigenvalue weighted by Gasteiger charge is -2.18. The molecule has 1 saturated heterocycles. The Balaban J connectivity index is 1.62. The maximum Gasteiger partial charge on any atom is 0.237 e. The molecule has 6 heteroatoms. The summed E-state index contributed by atoms with van der Waals surface area (Å²) in [5.41, 5.74) is 7.93. The number of aromatic nitrogens is 2. The van der Waals surface area contributed by atoms with E-state index in [0.29, 0.717) is 6.54 Å². The third-order valence-electron chi connectivity index (χ3n) is 4.03. The maximum absolute atomic E-state index is 12.3. The number of rotatable bonds is 4. The fraction of sp³-hybridized carbons (Fsp3) is 0.375. The van der Waals surface area contributed by atoms with E-state index in [4.69, 9.17) is 5.73 Å². The lowest BCUT2D eigenvalue weighted by molar-refractivity contribution is -0.125. The van der Waals surface area contributed by atoms with Crippen LogP contribution in [0.3, 0.4) is 0 Å². The molecule has 1 aliphatic heterocycles. The quantitative estimate of drug-likeness (QED) is 0.863. The fourth-order valence-electron chi connectivity index (χ4n) is 2.88. The second-order valence-corrected chi connectivity index (χ2v) is 5.79. The van der Waals surface area contributed by atoms with Crippen molar-refractivity contribution in [3.63, 3.8) is 0 Å². The zero-order valence-corrected chi connectivity index (χ0v) is 12.6. The minimum absolute atomic E-state index is 0.0416. The minimum atomic E-state index is -0.121. The molecule has 0 aliphatic carbocycles. The molecule has 0 spiro atoms. The summed E-state index contributed by atoms with van der Waals surface area (Å²) in [6.45, 7) is 1.28. The Bertz CT molecular complexity index is 640. The van der Waals surface area contributed by atoms with Gasteiger partial charge in [-0.05, 0) is 37.2 Å². The lowest BCUT2D eigenvalue weighted by Crippen LogP contribution is -2.41. The molecule has 2 atom stereocenters. The van der Waals surface area contributed by atoms with Crippen molar-refractivity contribution in [1.82, 2.24) is 20.0 Å². The number of nitrogens with two attached hydrogens (primary N) is 1. The van der Waals surface area contributed by atoms with E-state index < -0.39 is 0 Å². The predicted octanol–water partition coefficient (Wildman–Crippen LogP) is 0.520. The summed E-state index contributed by atoms with van der Waals surface area (Å²) >= 11 is 0. The van der Waals surface area contributed by atoms with E-state index in [0.717, 1.165) is 24.2 Å². The molecule has 3 rings (SSSR count). The van der Waals surface area contributed by atoms with Crippen molar-refractivity contribution < 1.29 is 4.79 Å².